The smallest absolute Gasteiger partial charge is 0.323 e. The van der Waals surface area contributed by atoms with Gasteiger partial charge in [-0.05, 0) is 94.2 Å². The number of carbonyl (C=O) groups is 2. The maximum Gasteiger partial charge on any atom is 0.323 e. The lowest BCUT2D eigenvalue weighted by Crippen LogP contribution is -2.48. The number of nitrogens with zero attached hydrogens (tertiary/aromatic N) is 8. The Kier molecular flexibility index (Phi) is 9.25. The summed E-state index contributed by atoms with van der Waals surface area (Å²) in [7, 11) is 0. The van der Waals surface area contributed by atoms with E-state index in [2.05, 4.69) is 30.7 Å². The minimum absolute atomic E-state index is 0.0498. The number of benzene rings is 2. The van der Waals surface area contributed by atoms with Crippen LogP contribution in [0.15, 0.2) is 48.5 Å². The summed E-state index contributed by atoms with van der Waals surface area (Å²) < 4.78 is 7.30. The number of urea groups is 1. The molecule has 0 bridgehead atoms. The Morgan fingerprint density at radius 2 is 1.49 bits per heavy atom. The van der Waals surface area contributed by atoms with Crippen molar-refractivity contribution in [3.05, 3.63) is 54.1 Å². The highest BCUT2D eigenvalue weighted by Crippen LogP contribution is 2.28. The summed E-state index contributed by atoms with van der Waals surface area (Å²) >= 11 is 0. The molecule has 0 spiro atoms. The van der Waals surface area contributed by atoms with Gasteiger partial charge in [-0.15, -0.1) is 5.10 Å². The summed E-state index contributed by atoms with van der Waals surface area (Å²) in [6.45, 7) is 9.32. The van der Waals surface area contributed by atoms with Gasteiger partial charge in [-0.2, -0.15) is 0 Å². The fourth-order valence-corrected chi connectivity index (χ4v) is 6.77. The van der Waals surface area contributed by atoms with Crippen LogP contribution < -0.4 is 15.5 Å². The van der Waals surface area contributed by atoms with E-state index in [1.54, 1.807) is 28.9 Å². The first-order valence-electron chi connectivity index (χ1n) is 16.8. The van der Waals surface area contributed by atoms with E-state index in [9.17, 15) is 9.59 Å². The van der Waals surface area contributed by atoms with Gasteiger partial charge in [0.15, 0.2) is 22.8 Å². The molecule has 2 N–H and O–H groups in total. The second-order valence-electron chi connectivity index (χ2n) is 12.4. The molecule has 13 nitrogen and oxygen atoms in total. The SMILES string of the molecule is CCn1nnc2c(N3CCOCC3)nc(-c3ccc(NC(=O)Nc4ccc(C(=O)N5CCC(N6CCCCC6)CC5)cc4)cc3)nc21. The molecule has 0 saturated carbocycles. The van der Waals surface area contributed by atoms with Gasteiger partial charge in [-0.1, -0.05) is 11.6 Å². The summed E-state index contributed by atoms with van der Waals surface area (Å²) in [4.78, 5) is 42.4. The topological polar surface area (TPSA) is 134 Å². The zero-order valence-electron chi connectivity index (χ0n) is 26.9. The lowest BCUT2D eigenvalue weighted by molar-refractivity contribution is 0.0590. The third-order valence-electron chi connectivity index (χ3n) is 9.40. The number of anilines is 3. The number of likely N-dealkylation sites (tertiary alicyclic amines) is 2. The monoisotopic (exact) mass is 638 g/mol. The number of carbonyl (C=O) groups excluding carboxylic acids is 2. The minimum Gasteiger partial charge on any atom is -0.378 e. The van der Waals surface area contributed by atoms with E-state index in [1.807, 2.05) is 36.1 Å². The van der Waals surface area contributed by atoms with Gasteiger partial charge in [0.05, 0.1) is 13.2 Å². The average molecular weight is 639 g/mol. The van der Waals surface area contributed by atoms with E-state index in [4.69, 9.17) is 14.7 Å². The molecule has 3 aliphatic rings. The largest absolute Gasteiger partial charge is 0.378 e. The molecule has 7 rings (SSSR count). The van der Waals surface area contributed by atoms with Crippen molar-refractivity contribution in [3.63, 3.8) is 0 Å². The van der Waals surface area contributed by atoms with Crippen molar-refractivity contribution in [2.75, 3.05) is 68.0 Å². The van der Waals surface area contributed by atoms with Gasteiger partial charge in [0.2, 0.25) is 0 Å². The lowest BCUT2D eigenvalue weighted by atomic mass is 9.99. The summed E-state index contributed by atoms with van der Waals surface area (Å²) in [6, 6.07) is 14.7. The van der Waals surface area contributed by atoms with Crippen LogP contribution in [0.3, 0.4) is 0 Å². The normalized spacial score (nSPS) is 18.0. The van der Waals surface area contributed by atoms with Gasteiger partial charge in [0, 0.05) is 61.3 Å². The Hall–Kier alpha value is -4.62. The van der Waals surface area contributed by atoms with E-state index < -0.39 is 0 Å². The number of aryl methyl sites for hydroxylation is 1. The van der Waals surface area contributed by atoms with E-state index in [1.165, 1.54) is 32.4 Å². The van der Waals surface area contributed by atoms with Crippen molar-refractivity contribution in [2.45, 2.75) is 51.6 Å². The van der Waals surface area contributed by atoms with Crippen molar-refractivity contribution < 1.29 is 14.3 Å². The quantitative estimate of drug-likeness (QED) is 0.301. The Morgan fingerprint density at radius 1 is 0.830 bits per heavy atom. The molecule has 0 radical (unpaired) electrons. The first-order chi connectivity index (χ1) is 23.1. The van der Waals surface area contributed by atoms with E-state index in [0.717, 1.165) is 50.4 Å². The molecule has 5 heterocycles. The molecule has 3 amide bonds. The maximum atomic E-state index is 13.2. The number of piperidine rings is 2. The zero-order valence-corrected chi connectivity index (χ0v) is 26.9. The van der Waals surface area contributed by atoms with Gasteiger partial charge in [-0.3, -0.25) is 4.79 Å². The highest BCUT2D eigenvalue weighted by Gasteiger charge is 2.28. The van der Waals surface area contributed by atoms with Crippen molar-refractivity contribution in [2.24, 2.45) is 0 Å². The lowest BCUT2D eigenvalue weighted by Gasteiger charge is -2.40. The Labute approximate surface area is 274 Å². The predicted molar refractivity (Wildman–Crippen MR) is 181 cm³/mol. The molecule has 2 aromatic carbocycles. The van der Waals surface area contributed by atoms with Crippen LogP contribution in [0.1, 0.15) is 49.4 Å². The molecular weight excluding hydrogens is 596 g/mol. The Morgan fingerprint density at radius 3 is 2.15 bits per heavy atom. The van der Waals surface area contributed by atoms with Gasteiger partial charge >= 0.3 is 6.03 Å². The van der Waals surface area contributed by atoms with Crippen molar-refractivity contribution >= 4 is 40.3 Å². The third-order valence-corrected chi connectivity index (χ3v) is 9.40. The predicted octanol–water partition coefficient (Wildman–Crippen LogP) is 4.48. The molecule has 3 fully saturated rings. The molecule has 3 saturated heterocycles. The molecule has 4 aromatic rings. The molecule has 0 unspecified atom stereocenters. The molecule has 13 heteroatoms. The molecule has 2 aromatic heterocycles. The zero-order chi connectivity index (χ0) is 32.2. The molecular formula is C34H42N10O3. The molecule has 246 valence electrons. The van der Waals surface area contributed by atoms with Gasteiger partial charge in [0.1, 0.15) is 0 Å². The Bertz CT molecular complexity index is 1690. The number of aromatic nitrogens is 5. The molecule has 47 heavy (non-hydrogen) atoms. The standard InChI is InChI=1S/C34H42N10O3/c1-2-44-32-29(39-40-44)31(42-20-22-47-23-21-42)37-30(38-32)24-6-10-26(11-7-24)35-34(46)36-27-12-8-25(9-13-27)33(45)43-18-14-28(15-19-43)41-16-4-3-5-17-41/h6-13,28H,2-5,14-23H2,1H3,(H2,35,36,46). The number of fused-ring (bicyclic) bond motifs is 1. The highest BCUT2D eigenvalue weighted by atomic mass is 16.5. The van der Waals surface area contributed by atoms with Crippen molar-refractivity contribution in [3.8, 4) is 11.4 Å². The maximum absolute atomic E-state index is 13.2. The number of hydrogen-bond donors (Lipinski definition) is 2. The summed E-state index contributed by atoms with van der Waals surface area (Å²) in [5, 5.41) is 14.4. The van der Waals surface area contributed by atoms with Crippen LogP contribution in [0, 0.1) is 0 Å². The van der Waals surface area contributed by atoms with Crippen molar-refractivity contribution in [1.29, 1.82) is 0 Å². The first-order valence-corrected chi connectivity index (χ1v) is 16.8. The summed E-state index contributed by atoms with van der Waals surface area (Å²) in [5.41, 5.74) is 4.05. The van der Waals surface area contributed by atoms with E-state index in [0.29, 0.717) is 59.7 Å². The molecule has 0 atom stereocenters. The summed E-state index contributed by atoms with van der Waals surface area (Å²) in [6.07, 6.45) is 5.99. The van der Waals surface area contributed by atoms with Gasteiger partial charge in [0.25, 0.3) is 5.91 Å². The highest BCUT2D eigenvalue weighted by molar-refractivity contribution is 6.00. The number of hydrogen-bond acceptors (Lipinski definition) is 9. The fourth-order valence-electron chi connectivity index (χ4n) is 6.77. The minimum atomic E-state index is -0.373. The van der Waals surface area contributed by atoms with Crippen LogP contribution in [-0.2, 0) is 11.3 Å². The summed E-state index contributed by atoms with van der Waals surface area (Å²) in [5.74, 6) is 1.36. The first kappa shape index (κ1) is 31.0. The van der Waals surface area contributed by atoms with Crippen LogP contribution in [0.4, 0.5) is 22.0 Å². The average Bonchev–Trinajstić information content (AvgIpc) is 3.55. The second kappa shape index (κ2) is 14.0. The van der Waals surface area contributed by atoms with Crippen LogP contribution in [0.5, 0.6) is 0 Å². The van der Waals surface area contributed by atoms with E-state index >= 15 is 0 Å². The van der Waals surface area contributed by atoms with Crippen LogP contribution in [0.25, 0.3) is 22.6 Å². The van der Waals surface area contributed by atoms with Gasteiger partial charge < -0.3 is 30.1 Å². The number of ether oxygens (including phenoxy) is 1. The number of amides is 3. The molecule has 3 aliphatic heterocycles. The third kappa shape index (κ3) is 6.91. The fraction of sp³-hybridized carbons (Fsp3) is 0.471. The van der Waals surface area contributed by atoms with Crippen LogP contribution >= 0.6 is 0 Å². The van der Waals surface area contributed by atoms with Crippen molar-refractivity contribution in [1.82, 2.24) is 34.8 Å². The van der Waals surface area contributed by atoms with E-state index in [-0.39, 0.29) is 11.9 Å². The number of rotatable bonds is 7. The van der Waals surface area contributed by atoms with Gasteiger partial charge in [-0.25, -0.2) is 19.4 Å². The number of morpholine rings is 1. The second-order valence-corrected chi connectivity index (χ2v) is 12.4. The Balaban J connectivity index is 0.956. The van der Waals surface area contributed by atoms with Crippen LogP contribution in [0.2, 0.25) is 0 Å². The number of nitrogens with one attached hydrogen (secondary N) is 2. The molecule has 0 aliphatic carbocycles. The van der Waals surface area contributed by atoms with Crippen LogP contribution in [-0.4, -0.2) is 105 Å².